The molecule has 1 aliphatic rings. The molecule has 0 aliphatic carbocycles. The van der Waals surface area contributed by atoms with Crippen LogP contribution in [0.1, 0.15) is 29.7 Å². The highest BCUT2D eigenvalue weighted by atomic mass is 16.5. The van der Waals surface area contributed by atoms with Gasteiger partial charge in [0.1, 0.15) is 0 Å². The van der Waals surface area contributed by atoms with Crippen molar-refractivity contribution in [3.63, 3.8) is 0 Å². The number of methoxy groups -OCH3 is 2. The quantitative estimate of drug-likeness (QED) is 0.774. The van der Waals surface area contributed by atoms with Gasteiger partial charge in [-0.05, 0) is 37.8 Å². The number of fused-ring (bicyclic) bond motifs is 1. The van der Waals surface area contributed by atoms with E-state index in [0.717, 1.165) is 34.3 Å². The minimum atomic E-state index is -0.338. The maximum atomic E-state index is 12.8. The fraction of sp³-hybridized carbons (Fsp3) is 0.600. The van der Waals surface area contributed by atoms with Crippen molar-refractivity contribution in [1.82, 2.24) is 24.6 Å². The molecule has 3 heterocycles. The number of carbonyl (C=O) groups excluding carboxylic acids is 2. The van der Waals surface area contributed by atoms with E-state index < -0.39 is 0 Å². The molecule has 158 valence electrons. The zero-order valence-electron chi connectivity index (χ0n) is 17.8. The lowest BCUT2D eigenvalue weighted by Gasteiger charge is -2.21. The van der Waals surface area contributed by atoms with Crippen molar-refractivity contribution < 1.29 is 19.1 Å². The highest BCUT2D eigenvalue weighted by molar-refractivity contribution is 5.86. The molecule has 9 heteroatoms. The van der Waals surface area contributed by atoms with Gasteiger partial charge in [0, 0.05) is 45.3 Å². The lowest BCUT2D eigenvalue weighted by Crippen LogP contribution is -2.37. The molecule has 29 heavy (non-hydrogen) atoms. The van der Waals surface area contributed by atoms with Gasteiger partial charge in [0.15, 0.2) is 5.65 Å². The minimum absolute atomic E-state index is 0.0914. The molecule has 0 N–H and O–H groups in total. The Bertz CT molecular complexity index is 923. The third-order valence-corrected chi connectivity index (χ3v) is 5.59. The second kappa shape index (κ2) is 8.67. The van der Waals surface area contributed by atoms with Crippen LogP contribution in [0.2, 0.25) is 0 Å². The fourth-order valence-corrected chi connectivity index (χ4v) is 3.98. The van der Waals surface area contributed by atoms with Gasteiger partial charge >= 0.3 is 6.09 Å². The van der Waals surface area contributed by atoms with Crippen molar-refractivity contribution in [3.8, 4) is 5.88 Å². The molecule has 1 saturated heterocycles. The van der Waals surface area contributed by atoms with Gasteiger partial charge in [-0.2, -0.15) is 0 Å². The fourth-order valence-electron chi connectivity index (χ4n) is 3.98. The van der Waals surface area contributed by atoms with Crippen LogP contribution in [0, 0.1) is 13.8 Å². The number of ether oxygens (including phenoxy) is 2. The number of nitrogens with zero attached hydrogens (tertiary/aromatic N) is 5. The Hall–Kier alpha value is -2.84. The molecule has 9 nitrogen and oxygen atoms in total. The van der Waals surface area contributed by atoms with E-state index >= 15 is 0 Å². The van der Waals surface area contributed by atoms with Crippen molar-refractivity contribution in [2.75, 3.05) is 40.4 Å². The van der Waals surface area contributed by atoms with Crippen molar-refractivity contribution in [2.45, 2.75) is 33.1 Å². The van der Waals surface area contributed by atoms with Gasteiger partial charge in [0.05, 0.1) is 19.6 Å². The van der Waals surface area contributed by atoms with Crippen LogP contribution in [0.5, 0.6) is 5.88 Å². The molecule has 0 saturated carbocycles. The topological polar surface area (TPSA) is 89.8 Å². The van der Waals surface area contributed by atoms with E-state index in [1.165, 1.54) is 7.11 Å². The molecule has 3 rings (SSSR count). The normalized spacial score (nSPS) is 14.8. The van der Waals surface area contributed by atoms with E-state index in [0.29, 0.717) is 44.9 Å². The first kappa shape index (κ1) is 20.9. The van der Waals surface area contributed by atoms with Crippen LogP contribution in [0.25, 0.3) is 11.0 Å². The summed E-state index contributed by atoms with van der Waals surface area (Å²) in [6.45, 7) is 6.28. The van der Waals surface area contributed by atoms with Gasteiger partial charge < -0.3 is 19.3 Å². The summed E-state index contributed by atoms with van der Waals surface area (Å²) in [5.41, 5.74) is 3.80. The third kappa shape index (κ3) is 4.13. The summed E-state index contributed by atoms with van der Waals surface area (Å²) < 4.78 is 11.9. The average molecular weight is 403 g/mol. The van der Waals surface area contributed by atoms with E-state index in [4.69, 9.17) is 9.47 Å². The Kier molecular flexibility index (Phi) is 6.24. The first-order chi connectivity index (χ1) is 13.9. The standard InChI is InChI=1S/C20H29N5O4/c1-13-15(14(2)21-18-17(13)19(28-4)22-23(18)3)7-8-16(26)24-9-6-10-25(12-11-24)20(27)29-5/h6-12H2,1-5H3. The molecule has 2 amide bonds. The zero-order valence-corrected chi connectivity index (χ0v) is 17.8. The Morgan fingerprint density at radius 3 is 2.45 bits per heavy atom. The maximum Gasteiger partial charge on any atom is 0.409 e. The van der Waals surface area contributed by atoms with Crippen LogP contribution in [0.4, 0.5) is 4.79 Å². The highest BCUT2D eigenvalue weighted by Gasteiger charge is 2.23. The van der Waals surface area contributed by atoms with Crippen LogP contribution in [0.15, 0.2) is 0 Å². The third-order valence-electron chi connectivity index (χ3n) is 5.59. The molecular weight excluding hydrogens is 374 g/mol. The number of rotatable bonds is 4. The maximum absolute atomic E-state index is 12.8. The number of hydrogen-bond acceptors (Lipinski definition) is 6. The molecule has 0 bridgehead atoms. The van der Waals surface area contributed by atoms with E-state index in [9.17, 15) is 9.59 Å². The van der Waals surface area contributed by atoms with Crippen LogP contribution < -0.4 is 4.74 Å². The van der Waals surface area contributed by atoms with Crippen LogP contribution in [-0.2, 0) is 23.0 Å². The largest absolute Gasteiger partial charge is 0.479 e. The Balaban J connectivity index is 1.72. The summed E-state index contributed by atoms with van der Waals surface area (Å²) in [7, 11) is 4.82. The van der Waals surface area contributed by atoms with Crippen molar-refractivity contribution in [3.05, 3.63) is 16.8 Å². The minimum Gasteiger partial charge on any atom is -0.479 e. The van der Waals surface area contributed by atoms with Gasteiger partial charge in [-0.1, -0.05) is 0 Å². The number of amides is 2. The lowest BCUT2D eigenvalue weighted by atomic mass is 10.00. The molecule has 0 radical (unpaired) electrons. The predicted octanol–water partition coefficient (Wildman–Crippen LogP) is 1.83. The average Bonchev–Trinajstić information content (AvgIpc) is 2.88. The summed E-state index contributed by atoms with van der Waals surface area (Å²) in [6, 6.07) is 0. The lowest BCUT2D eigenvalue weighted by molar-refractivity contribution is -0.131. The van der Waals surface area contributed by atoms with Gasteiger partial charge in [-0.25, -0.2) is 14.5 Å². The molecule has 1 aliphatic heterocycles. The second-order valence-electron chi connectivity index (χ2n) is 7.32. The monoisotopic (exact) mass is 403 g/mol. The summed E-state index contributed by atoms with van der Waals surface area (Å²) in [6.07, 6.45) is 1.42. The van der Waals surface area contributed by atoms with Gasteiger partial charge in [-0.3, -0.25) is 4.79 Å². The Morgan fingerprint density at radius 1 is 1.07 bits per heavy atom. The number of carbonyl (C=O) groups is 2. The Labute approximate surface area is 170 Å². The predicted molar refractivity (Wildman–Crippen MR) is 108 cm³/mol. The smallest absolute Gasteiger partial charge is 0.409 e. The van der Waals surface area contributed by atoms with Crippen molar-refractivity contribution >= 4 is 23.0 Å². The van der Waals surface area contributed by atoms with Crippen LogP contribution in [-0.4, -0.2) is 77.0 Å². The summed E-state index contributed by atoms with van der Waals surface area (Å²) in [5.74, 6) is 0.643. The second-order valence-corrected chi connectivity index (χ2v) is 7.32. The zero-order chi connectivity index (χ0) is 21.1. The molecule has 1 fully saturated rings. The van der Waals surface area contributed by atoms with E-state index in [-0.39, 0.29) is 12.0 Å². The molecule has 0 atom stereocenters. The van der Waals surface area contributed by atoms with Gasteiger partial charge in [0.2, 0.25) is 11.8 Å². The first-order valence-electron chi connectivity index (χ1n) is 9.84. The van der Waals surface area contributed by atoms with E-state index in [1.54, 1.807) is 16.7 Å². The number of aromatic nitrogens is 3. The summed E-state index contributed by atoms with van der Waals surface area (Å²) >= 11 is 0. The number of hydrogen-bond donors (Lipinski definition) is 0. The summed E-state index contributed by atoms with van der Waals surface area (Å²) in [4.78, 5) is 32.7. The van der Waals surface area contributed by atoms with Crippen LogP contribution >= 0.6 is 0 Å². The van der Waals surface area contributed by atoms with E-state index in [1.807, 2.05) is 25.8 Å². The SMILES string of the molecule is COC(=O)N1CCCN(C(=O)CCc2c(C)nc3c(c(OC)nn3C)c2C)CC1. The molecule has 0 spiro atoms. The number of pyridine rings is 1. The number of aryl methyl sites for hydroxylation is 3. The van der Waals surface area contributed by atoms with E-state index in [2.05, 4.69) is 10.1 Å². The molecule has 2 aromatic rings. The van der Waals surface area contributed by atoms with Crippen LogP contribution in [0.3, 0.4) is 0 Å². The molecular formula is C20H29N5O4. The van der Waals surface area contributed by atoms with Gasteiger partial charge in [-0.15, -0.1) is 5.10 Å². The highest BCUT2D eigenvalue weighted by Crippen LogP contribution is 2.30. The Morgan fingerprint density at radius 2 is 1.76 bits per heavy atom. The summed E-state index contributed by atoms with van der Waals surface area (Å²) in [5, 5.41) is 5.27. The van der Waals surface area contributed by atoms with Crippen molar-refractivity contribution in [2.24, 2.45) is 7.05 Å². The molecule has 0 unspecified atom stereocenters. The van der Waals surface area contributed by atoms with Gasteiger partial charge in [0.25, 0.3) is 0 Å². The molecule has 0 aromatic carbocycles. The van der Waals surface area contributed by atoms with Crippen molar-refractivity contribution in [1.29, 1.82) is 0 Å². The first-order valence-corrected chi connectivity index (χ1v) is 9.84. The molecule has 2 aromatic heterocycles.